The van der Waals surface area contributed by atoms with Crippen LogP contribution in [0.5, 0.6) is 0 Å². The van der Waals surface area contributed by atoms with Crippen molar-refractivity contribution in [2.24, 2.45) is 0 Å². The molecule has 4 heteroatoms. The minimum atomic E-state index is 0.379. The number of nitrogens with one attached hydrogen (secondary N) is 1. The van der Waals surface area contributed by atoms with Crippen molar-refractivity contribution in [1.29, 1.82) is 0 Å². The zero-order valence-electron chi connectivity index (χ0n) is 13.0. The Bertz CT molecular complexity index is 563. The summed E-state index contributed by atoms with van der Waals surface area (Å²) in [6, 6.07) is 11.0. The molecule has 1 N–H and O–H groups in total. The van der Waals surface area contributed by atoms with E-state index in [1.165, 1.54) is 5.56 Å². The van der Waals surface area contributed by atoms with E-state index in [0.717, 1.165) is 30.1 Å². The van der Waals surface area contributed by atoms with Gasteiger partial charge in [0.05, 0.1) is 5.69 Å². The Morgan fingerprint density at radius 3 is 2.67 bits per heavy atom. The second kappa shape index (κ2) is 7.62. The van der Waals surface area contributed by atoms with E-state index in [1.807, 2.05) is 22.9 Å². The normalized spacial score (nSPS) is 12.8. The van der Waals surface area contributed by atoms with Gasteiger partial charge >= 0.3 is 0 Å². The van der Waals surface area contributed by atoms with Crippen LogP contribution in [0, 0.1) is 0 Å². The van der Waals surface area contributed by atoms with Crippen molar-refractivity contribution in [3.8, 4) is 0 Å². The van der Waals surface area contributed by atoms with E-state index in [2.05, 4.69) is 49.5 Å². The highest BCUT2D eigenvalue weighted by molar-refractivity contribution is 6.30. The number of benzene rings is 1. The molecule has 114 valence electrons. The largest absolute Gasteiger partial charge is 0.314 e. The van der Waals surface area contributed by atoms with Gasteiger partial charge in [-0.1, -0.05) is 30.7 Å². The number of halogens is 1. The molecule has 0 fully saturated rings. The van der Waals surface area contributed by atoms with Gasteiger partial charge < -0.3 is 5.32 Å². The molecule has 0 aliphatic carbocycles. The first-order chi connectivity index (χ1) is 10.1. The monoisotopic (exact) mass is 305 g/mol. The van der Waals surface area contributed by atoms with Gasteiger partial charge in [0.25, 0.3) is 0 Å². The number of hydrogen-bond acceptors (Lipinski definition) is 2. The Labute approximate surface area is 132 Å². The predicted octanol–water partition coefficient (Wildman–Crippen LogP) is 3.88. The summed E-state index contributed by atoms with van der Waals surface area (Å²) in [6.45, 7) is 7.38. The second-order valence-corrected chi connectivity index (χ2v) is 6.11. The molecular formula is C17H24ClN3. The molecule has 0 radical (unpaired) electrons. The first-order valence-corrected chi connectivity index (χ1v) is 7.98. The van der Waals surface area contributed by atoms with E-state index in [-0.39, 0.29) is 0 Å². The minimum absolute atomic E-state index is 0.379. The highest BCUT2D eigenvalue weighted by atomic mass is 35.5. The van der Waals surface area contributed by atoms with Gasteiger partial charge in [0.15, 0.2) is 0 Å². The third kappa shape index (κ3) is 4.87. The molecule has 0 aliphatic rings. The maximum atomic E-state index is 6.07. The molecule has 0 saturated carbocycles. The molecule has 0 saturated heterocycles. The fourth-order valence-electron chi connectivity index (χ4n) is 2.48. The molecule has 1 aromatic heterocycles. The van der Waals surface area contributed by atoms with Crippen LogP contribution in [0.25, 0.3) is 0 Å². The zero-order chi connectivity index (χ0) is 15.2. The molecule has 2 rings (SSSR count). The van der Waals surface area contributed by atoms with Crippen LogP contribution < -0.4 is 5.32 Å². The van der Waals surface area contributed by atoms with Crippen LogP contribution >= 0.6 is 11.6 Å². The van der Waals surface area contributed by atoms with E-state index in [9.17, 15) is 0 Å². The summed E-state index contributed by atoms with van der Waals surface area (Å²) < 4.78 is 2.01. The summed E-state index contributed by atoms with van der Waals surface area (Å²) in [6.07, 6.45) is 3.95. The van der Waals surface area contributed by atoms with Gasteiger partial charge in [-0.2, -0.15) is 5.10 Å². The van der Waals surface area contributed by atoms with Crippen molar-refractivity contribution >= 4 is 11.6 Å². The molecule has 0 aliphatic heterocycles. The lowest BCUT2D eigenvalue weighted by Gasteiger charge is -2.17. The molecule has 1 atom stereocenters. The number of aromatic nitrogens is 2. The van der Waals surface area contributed by atoms with Crippen molar-refractivity contribution in [1.82, 2.24) is 15.1 Å². The first kappa shape index (κ1) is 16.1. The summed E-state index contributed by atoms with van der Waals surface area (Å²) in [4.78, 5) is 0. The topological polar surface area (TPSA) is 29.9 Å². The van der Waals surface area contributed by atoms with Crippen molar-refractivity contribution in [3.63, 3.8) is 0 Å². The number of rotatable bonds is 7. The molecule has 1 unspecified atom stereocenters. The summed E-state index contributed by atoms with van der Waals surface area (Å²) in [5, 5.41) is 8.98. The molecule has 1 heterocycles. The molecule has 0 spiro atoms. The number of nitrogens with zero attached hydrogens (tertiary/aromatic N) is 2. The summed E-state index contributed by atoms with van der Waals surface area (Å²) >= 11 is 6.07. The average Bonchev–Trinajstić information content (AvgIpc) is 2.88. The number of likely N-dealkylation sites (N-methyl/N-ethyl adjacent to an activating group) is 1. The van der Waals surface area contributed by atoms with E-state index in [0.29, 0.717) is 12.1 Å². The van der Waals surface area contributed by atoms with E-state index < -0.39 is 0 Å². The van der Waals surface area contributed by atoms with Gasteiger partial charge in [-0.15, -0.1) is 0 Å². The summed E-state index contributed by atoms with van der Waals surface area (Å²) in [5.74, 6) is 0. The van der Waals surface area contributed by atoms with Crippen molar-refractivity contribution in [2.45, 2.75) is 45.7 Å². The van der Waals surface area contributed by atoms with Gasteiger partial charge in [-0.3, -0.25) is 4.68 Å². The van der Waals surface area contributed by atoms with Crippen LogP contribution in [-0.2, 0) is 12.8 Å². The van der Waals surface area contributed by atoms with Crippen LogP contribution in [0.15, 0.2) is 36.5 Å². The summed E-state index contributed by atoms with van der Waals surface area (Å²) in [5.41, 5.74) is 2.40. The standard InChI is InChI=1S/C17H24ClN3/c1-4-19-17(11-14-6-5-7-15(18)10-14)12-16-8-9-21(20-16)13(2)3/h5-10,13,17,19H,4,11-12H2,1-3H3. The van der Waals surface area contributed by atoms with Crippen LogP contribution in [-0.4, -0.2) is 22.4 Å². The third-order valence-electron chi connectivity index (χ3n) is 3.51. The highest BCUT2D eigenvalue weighted by Gasteiger charge is 2.12. The van der Waals surface area contributed by atoms with E-state index in [4.69, 9.17) is 11.6 Å². The van der Waals surface area contributed by atoms with Gasteiger partial charge in [0, 0.05) is 29.7 Å². The van der Waals surface area contributed by atoms with Crippen LogP contribution in [0.1, 0.15) is 38.1 Å². The SMILES string of the molecule is CCNC(Cc1cccc(Cl)c1)Cc1ccn(C(C)C)n1. The van der Waals surface area contributed by atoms with Gasteiger partial charge in [-0.25, -0.2) is 0 Å². The van der Waals surface area contributed by atoms with Crippen LogP contribution in [0.3, 0.4) is 0 Å². The minimum Gasteiger partial charge on any atom is -0.314 e. The zero-order valence-corrected chi connectivity index (χ0v) is 13.8. The van der Waals surface area contributed by atoms with Gasteiger partial charge in [0.1, 0.15) is 0 Å². The Balaban J connectivity index is 2.04. The maximum Gasteiger partial charge on any atom is 0.0640 e. The molecular weight excluding hydrogens is 282 g/mol. The maximum absolute atomic E-state index is 6.07. The van der Waals surface area contributed by atoms with Crippen molar-refractivity contribution in [3.05, 3.63) is 52.8 Å². The van der Waals surface area contributed by atoms with E-state index >= 15 is 0 Å². The summed E-state index contributed by atoms with van der Waals surface area (Å²) in [7, 11) is 0. The fourth-order valence-corrected chi connectivity index (χ4v) is 2.69. The van der Waals surface area contributed by atoms with Gasteiger partial charge in [0.2, 0.25) is 0 Å². The van der Waals surface area contributed by atoms with Crippen molar-refractivity contribution < 1.29 is 0 Å². The molecule has 0 amide bonds. The Morgan fingerprint density at radius 2 is 2.05 bits per heavy atom. The lowest BCUT2D eigenvalue weighted by molar-refractivity contribution is 0.494. The highest BCUT2D eigenvalue weighted by Crippen LogP contribution is 2.14. The molecule has 0 bridgehead atoms. The smallest absolute Gasteiger partial charge is 0.0640 e. The Kier molecular flexibility index (Phi) is 5.83. The quantitative estimate of drug-likeness (QED) is 0.841. The average molecular weight is 306 g/mol. The van der Waals surface area contributed by atoms with Crippen molar-refractivity contribution in [2.75, 3.05) is 6.54 Å². The third-order valence-corrected chi connectivity index (χ3v) is 3.75. The second-order valence-electron chi connectivity index (χ2n) is 5.67. The lowest BCUT2D eigenvalue weighted by atomic mass is 10.0. The van der Waals surface area contributed by atoms with Gasteiger partial charge in [-0.05, 0) is 50.6 Å². The first-order valence-electron chi connectivity index (χ1n) is 7.60. The Hall–Kier alpha value is -1.32. The molecule has 1 aromatic carbocycles. The lowest BCUT2D eigenvalue weighted by Crippen LogP contribution is -2.33. The number of hydrogen-bond donors (Lipinski definition) is 1. The molecule has 3 nitrogen and oxygen atoms in total. The molecule has 21 heavy (non-hydrogen) atoms. The van der Waals surface area contributed by atoms with E-state index in [1.54, 1.807) is 0 Å². The fraction of sp³-hybridized carbons (Fsp3) is 0.471. The van der Waals surface area contributed by atoms with Crippen LogP contribution in [0.2, 0.25) is 5.02 Å². The molecule has 2 aromatic rings. The van der Waals surface area contributed by atoms with Crippen LogP contribution in [0.4, 0.5) is 0 Å². The predicted molar refractivity (Wildman–Crippen MR) is 88.9 cm³/mol. The Morgan fingerprint density at radius 1 is 1.24 bits per heavy atom.